The number of hydrogen-bond acceptors (Lipinski definition) is 5. The molecule has 0 bridgehead atoms. The van der Waals surface area contributed by atoms with Crippen LogP contribution in [0.25, 0.3) is 0 Å². The van der Waals surface area contributed by atoms with Crippen molar-refractivity contribution in [1.29, 1.82) is 0 Å². The maximum absolute atomic E-state index is 8.84. The molecule has 1 aromatic heterocycles. The lowest BCUT2D eigenvalue weighted by atomic mass is 9.88. The van der Waals surface area contributed by atoms with Gasteiger partial charge in [0.15, 0.2) is 0 Å². The highest BCUT2D eigenvalue weighted by Gasteiger charge is 2.17. The van der Waals surface area contributed by atoms with Gasteiger partial charge in [-0.05, 0) is 25.2 Å². The number of nitrogens with two attached hydrogens (primary N) is 1. The van der Waals surface area contributed by atoms with Gasteiger partial charge in [-0.3, -0.25) is 0 Å². The average Bonchev–Trinajstić information content (AvgIpc) is 2.28. The molecule has 0 spiro atoms. The van der Waals surface area contributed by atoms with E-state index in [2.05, 4.69) is 29.1 Å². The number of aliphatic hydroxyl groups excluding tert-OH is 1. The Labute approximate surface area is 102 Å². The van der Waals surface area contributed by atoms with Crippen LogP contribution in [-0.4, -0.2) is 28.2 Å². The first-order valence-electron chi connectivity index (χ1n) is 5.88. The maximum atomic E-state index is 8.84. The molecule has 0 amide bonds. The molecule has 0 aromatic carbocycles. The highest BCUT2D eigenvalue weighted by molar-refractivity contribution is 5.45. The van der Waals surface area contributed by atoms with E-state index in [1.807, 2.05) is 6.92 Å². The summed E-state index contributed by atoms with van der Waals surface area (Å²) in [7, 11) is 0. The fourth-order valence-electron chi connectivity index (χ4n) is 1.60. The first kappa shape index (κ1) is 13.7. The zero-order valence-corrected chi connectivity index (χ0v) is 10.8. The van der Waals surface area contributed by atoms with Crippen molar-refractivity contribution >= 4 is 11.8 Å². The molecule has 17 heavy (non-hydrogen) atoms. The molecule has 0 radical (unpaired) electrons. The molecule has 0 aliphatic rings. The van der Waals surface area contributed by atoms with Crippen molar-refractivity contribution in [2.24, 2.45) is 5.41 Å². The van der Waals surface area contributed by atoms with E-state index in [1.165, 1.54) is 0 Å². The van der Waals surface area contributed by atoms with Crippen LogP contribution in [0.2, 0.25) is 0 Å². The van der Waals surface area contributed by atoms with Gasteiger partial charge < -0.3 is 16.2 Å². The molecule has 0 saturated heterocycles. The Morgan fingerprint density at radius 3 is 2.82 bits per heavy atom. The Balaban J connectivity index is 2.57. The highest BCUT2D eigenvalue weighted by Crippen LogP contribution is 2.23. The predicted molar refractivity (Wildman–Crippen MR) is 69.8 cm³/mol. The molecule has 5 nitrogen and oxygen atoms in total. The van der Waals surface area contributed by atoms with Gasteiger partial charge in [-0.15, -0.1) is 0 Å². The zero-order valence-electron chi connectivity index (χ0n) is 10.8. The molecule has 0 aliphatic heterocycles. The quantitative estimate of drug-likeness (QED) is 0.700. The molecule has 5 heteroatoms. The average molecular weight is 238 g/mol. The van der Waals surface area contributed by atoms with E-state index in [0.29, 0.717) is 0 Å². The van der Waals surface area contributed by atoms with Crippen molar-refractivity contribution in [2.75, 3.05) is 24.2 Å². The third-order valence-electron chi connectivity index (χ3n) is 2.74. The molecule has 0 fully saturated rings. The first-order valence-corrected chi connectivity index (χ1v) is 5.88. The van der Waals surface area contributed by atoms with Crippen molar-refractivity contribution in [2.45, 2.75) is 33.6 Å². The first-order chi connectivity index (χ1) is 7.94. The van der Waals surface area contributed by atoms with Crippen molar-refractivity contribution < 1.29 is 5.11 Å². The van der Waals surface area contributed by atoms with Crippen LogP contribution in [0.1, 0.15) is 32.3 Å². The van der Waals surface area contributed by atoms with E-state index in [4.69, 9.17) is 10.8 Å². The fraction of sp³-hybridized carbons (Fsp3) is 0.667. The Morgan fingerprint density at radius 1 is 1.47 bits per heavy atom. The van der Waals surface area contributed by atoms with Crippen LogP contribution in [-0.2, 0) is 0 Å². The number of aliphatic hydroxyl groups is 1. The van der Waals surface area contributed by atoms with Gasteiger partial charge in [0.2, 0.25) is 5.95 Å². The second-order valence-electron chi connectivity index (χ2n) is 5.10. The number of anilines is 2. The SMILES string of the molecule is Cc1cnc(N)nc1NCC(C)(C)CCCO. The minimum Gasteiger partial charge on any atom is -0.396 e. The predicted octanol–water partition coefficient (Wildman–Crippen LogP) is 1.58. The number of nitrogens with one attached hydrogen (secondary N) is 1. The highest BCUT2D eigenvalue weighted by atomic mass is 16.2. The van der Waals surface area contributed by atoms with Crippen LogP contribution >= 0.6 is 0 Å². The smallest absolute Gasteiger partial charge is 0.221 e. The summed E-state index contributed by atoms with van der Waals surface area (Å²) in [5.41, 5.74) is 6.66. The second-order valence-corrected chi connectivity index (χ2v) is 5.10. The van der Waals surface area contributed by atoms with Gasteiger partial charge >= 0.3 is 0 Å². The van der Waals surface area contributed by atoms with Crippen LogP contribution in [0.15, 0.2) is 6.20 Å². The van der Waals surface area contributed by atoms with Gasteiger partial charge in [0.25, 0.3) is 0 Å². The summed E-state index contributed by atoms with van der Waals surface area (Å²) in [5, 5.41) is 12.1. The summed E-state index contributed by atoms with van der Waals surface area (Å²) < 4.78 is 0. The summed E-state index contributed by atoms with van der Waals surface area (Å²) in [6.07, 6.45) is 3.50. The lowest BCUT2D eigenvalue weighted by Gasteiger charge is -2.25. The van der Waals surface area contributed by atoms with Crippen LogP contribution < -0.4 is 11.1 Å². The van der Waals surface area contributed by atoms with Gasteiger partial charge in [0, 0.05) is 24.9 Å². The van der Waals surface area contributed by atoms with Crippen LogP contribution in [0.4, 0.5) is 11.8 Å². The van der Waals surface area contributed by atoms with E-state index in [-0.39, 0.29) is 18.0 Å². The summed E-state index contributed by atoms with van der Waals surface area (Å²) >= 11 is 0. The number of nitrogen functional groups attached to an aromatic ring is 1. The molecule has 1 rings (SSSR count). The third-order valence-corrected chi connectivity index (χ3v) is 2.74. The summed E-state index contributed by atoms with van der Waals surface area (Å²) in [6.45, 7) is 7.31. The number of nitrogens with zero attached hydrogens (tertiary/aromatic N) is 2. The fourth-order valence-corrected chi connectivity index (χ4v) is 1.60. The normalized spacial score (nSPS) is 11.5. The molecule has 96 valence electrons. The Kier molecular flexibility index (Phi) is 4.69. The molecule has 1 heterocycles. The summed E-state index contributed by atoms with van der Waals surface area (Å²) in [4.78, 5) is 8.09. The number of aryl methyl sites for hydroxylation is 1. The second kappa shape index (κ2) is 5.82. The molecular weight excluding hydrogens is 216 g/mol. The van der Waals surface area contributed by atoms with E-state index < -0.39 is 0 Å². The van der Waals surface area contributed by atoms with Crippen molar-refractivity contribution in [1.82, 2.24) is 9.97 Å². The van der Waals surface area contributed by atoms with Gasteiger partial charge in [0.05, 0.1) is 0 Å². The molecule has 0 atom stereocenters. The maximum Gasteiger partial charge on any atom is 0.221 e. The van der Waals surface area contributed by atoms with E-state index >= 15 is 0 Å². The van der Waals surface area contributed by atoms with Crippen LogP contribution in [0, 0.1) is 12.3 Å². The Bertz CT molecular complexity index is 366. The van der Waals surface area contributed by atoms with Gasteiger partial charge in [-0.1, -0.05) is 13.8 Å². The van der Waals surface area contributed by atoms with Gasteiger partial charge in [-0.2, -0.15) is 4.98 Å². The standard InChI is InChI=1S/C12H22N4O/c1-9-7-14-11(13)16-10(9)15-8-12(2,3)5-4-6-17/h7,17H,4-6,8H2,1-3H3,(H3,13,14,15,16). The zero-order chi connectivity index (χ0) is 12.9. The molecule has 0 unspecified atom stereocenters. The molecule has 0 aliphatic carbocycles. The number of hydrogen-bond donors (Lipinski definition) is 3. The summed E-state index contributed by atoms with van der Waals surface area (Å²) in [6, 6.07) is 0. The lowest BCUT2D eigenvalue weighted by Crippen LogP contribution is -2.24. The van der Waals surface area contributed by atoms with E-state index in [1.54, 1.807) is 6.20 Å². The molecule has 1 aromatic rings. The van der Waals surface area contributed by atoms with Crippen molar-refractivity contribution in [3.8, 4) is 0 Å². The van der Waals surface area contributed by atoms with Gasteiger partial charge in [0.1, 0.15) is 5.82 Å². The molecule has 0 saturated carbocycles. The van der Waals surface area contributed by atoms with E-state index in [0.717, 1.165) is 30.8 Å². The van der Waals surface area contributed by atoms with Crippen LogP contribution in [0.3, 0.4) is 0 Å². The van der Waals surface area contributed by atoms with Crippen LogP contribution in [0.5, 0.6) is 0 Å². The lowest BCUT2D eigenvalue weighted by molar-refractivity contribution is 0.248. The number of rotatable bonds is 6. The van der Waals surface area contributed by atoms with E-state index in [9.17, 15) is 0 Å². The monoisotopic (exact) mass is 238 g/mol. The number of aromatic nitrogens is 2. The third kappa shape index (κ3) is 4.56. The Hall–Kier alpha value is -1.36. The molecular formula is C12H22N4O. The van der Waals surface area contributed by atoms with Crippen molar-refractivity contribution in [3.63, 3.8) is 0 Å². The Morgan fingerprint density at radius 2 is 2.18 bits per heavy atom. The largest absolute Gasteiger partial charge is 0.396 e. The van der Waals surface area contributed by atoms with Gasteiger partial charge in [-0.25, -0.2) is 4.98 Å². The topological polar surface area (TPSA) is 84.1 Å². The minimum atomic E-state index is 0.120. The van der Waals surface area contributed by atoms with Crippen molar-refractivity contribution in [3.05, 3.63) is 11.8 Å². The minimum absolute atomic E-state index is 0.120. The molecule has 4 N–H and O–H groups in total. The summed E-state index contributed by atoms with van der Waals surface area (Å²) in [5.74, 6) is 1.07.